The average molecular weight is 284 g/mol. The molecule has 0 aliphatic rings. The average Bonchev–Trinajstić information content (AvgIpc) is 2.63. The Morgan fingerprint density at radius 2 is 1.80 bits per heavy atom. The molecule has 0 amide bonds. The van der Waals surface area contributed by atoms with Gasteiger partial charge in [-0.2, -0.15) is 5.10 Å². The highest BCUT2D eigenvalue weighted by atomic mass is 19.4. The van der Waals surface area contributed by atoms with E-state index in [0.717, 1.165) is 0 Å². The molecule has 106 valence electrons. The van der Waals surface area contributed by atoms with Crippen LogP contribution in [0, 0.1) is 13.8 Å². The van der Waals surface area contributed by atoms with E-state index in [-0.39, 0.29) is 5.75 Å². The predicted octanol–water partition coefficient (Wildman–Crippen LogP) is 3.20. The molecule has 0 bridgehead atoms. The van der Waals surface area contributed by atoms with Crippen molar-refractivity contribution in [3.05, 3.63) is 41.2 Å². The standard InChI is InChI=1S/C13H11F3N2O2/c1-8-12(7-19)9(2)18(17-8)10-3-5-11(6-4-10)20-13(14,15)16/h3-7H,1-2H3. The van der Waals surface area contributed by atoms with Crippen LogP contribution in [0.15, 0.2) is 24.3 Å². The van der Waals surface area contributed by atoms with E-state index in [0.29, 0.717) is 28.9 Å². The fourth-order valence-corrected chi connectivity index (χ4v) is 1.87. The predicted molar refractivity (Wildman–Crippen MR) is 65.1 cm³/mol. The molecule has 4 nitrogen and oxygen atoms in total. The van der Waals surface area contributed by atoms with Crippen molar-refractivity contribution in [1.29, 1.82) is 0 Å². The number of rotatable bonds is 3. The Morgan fingerprint density at radius 1 is 1.20 bits per heavy atom. The van der Waals surface area contributed by atoms with Gasteiger partial charge in [0.15, 0.2) is 6.29 Å². The summed E-state index contributed by atoms with van der Waals surface area (Å²) < 4.78 is 41.4. The summed E-state index contributed by atoms with van der Waals surface area (Å²) in [7, 11) is 0. The van der Waals surface area contributed by atoms with Gasteiger partial charge in [0.2, 0.25) is 0 Å². The second-order valence-corrected chi connectivity index (χ2v) is 4.16. The molecule has 0 aliphatic carbocycles. The Balaban J connectivity index is 2.33. The zero-order chi connectivity index (χ0) is 14.9. The van der Waals surface area contributed by atoms with Gasteiger partial charge < -0.3 is 4.74 Å². The van der Waals surface area contributed by atoms with Crippen molar-refractivity contribution in [3.63, 3.8) is 0 Å². The van der Waals surface area contributed by atoms with Crippen LogP contribution in [0.25, 0.3) is 5.69 Å². The first-order valence-electron chi connectivity index (χ1n) is 5.69. The highest BCUT2D eigenvalue weighted by Crippen LogP contribution is 2.24. The highest BCUT2D eigenvalue weighted by molar-refractivity contribution is 5.78. The van der Waals surface area contributed by atoms with E-state index in [4.69, 9.17) is 0 Å². The number of halogens is 3. The maximum absolute atomic E-state index is 12.1. The molecule has 0 saturated heterocycles. The summed E-state index contributed by atoms with van der Waals surface area (Å²) in [4.78, 5) is 10.9. The van der Waals surface area contributed by atoms with Crippen LogP contribution in [0.4, 0.5) is 13.2 Å². The molecule has 0 fully saturated rings. The molecule has 0 radical (unpaired) electrons. The summed E-state index contributed by atoms with van der Waals surface area (Å²) in [6, 6.07) is 5.27. The lowest BCUT2D eigenvalue weighted by atomic mass is 10.2. The van der Waals surface area contributed by atoms with E-state index in [1.54, 1.807) is 13.8 Å². The molecule has 0 unspecified atom stereocenters. The summed E-state index contributed by atoms with van der Waals surface area (Å²) >= 11 is 0. The Labute approximate surface area is 112 Å². The van der Waals surface area contributed by atoms with Crippen molar-refractivity contribution in [2.45, 2.75) is 20.2 Å². The van der Waals surface area contributed by atoms with Gasteiger partial charge >= 0.3 is 6.36 Å². The first-order chi connectivity index (χ1) is 9.31. The second-order valence-electron chi connectivity index (χ2n) is 4.16. The molecule has 2 rings (SSSR count). The third kappa shape index (κ3) is 2.81. The molecule has 20 heavy (non-hydrogen) atoms. The molecule has 0 atom stereocenters. The Hall–Kier alpha value is -2.31. The topological polar surface area (TPSA) is 44.1 Å². The number of aldehydes is 1. The summed E-state index contributed by atoms with van der Waals surface area (Å²) in [6.07, 6.45) is -4.01. The van der Waals surface area contributed by atoms with Crippen LogP contribution in [0.3, 0.4) is 0 Å². The molecular formula is C13H11F3N2O2. The van der Waals surface area contributed by atoms with Crippen molar-refractivity contribution in [1.82, 2.24) is 9.78 Å². The van der Waals surface area contributed by atoms with Crippen LogP contribution in [0.5, 0.6) is 5.75 Å². The first-order valence-corrected chi connectivity index (χ1v) is 5.69. The molecule has 1 heterocycles. The van der Waals surface area contributed by atoms with Crippen molar-refractivity contribution in [3.8, 4) is 11.4 Å². The normalized spacial score (nSPS) is 11.4. The number of hydrogen-bond acceptors (Lipinski definition) is 3. The molecular weight excluding hydrogens is 273 g/mol. The second kappa shape index (κ2) is 4.99. The lowest BCUT2D eigenvalue weighted by Crippen LogP contribution is -2.17. The van der Waals surface area contributed by atoms with Gasteiger partial charge in [0.25, 0.3) is 0 Å². The van der Waals surface area contributed by atoms with Crippen LogP contribution in [0.2, 0.25) is 0 Å². The van der Waals surface area contributed by atoms with Crippen molar-refractivity contribution >= 4 is 6.29 Å². The highest BCUT2D eigenvalue weighted by Gasteiger charge is 2.31. The maximum Gasteiger partial charge on any atom is 0.573 e. The monoisotopic (exact) mass is 284 g/mol. The fourth-order valence-electron chi connectivity index (χ4n) is 1.87. The van der Waals surface area contributed by atoms with Crippen LogP contribution in [0.1, 0.15) is 21.7 Å². The molecule has 2 aromatic rings. The third-order valence-corrected chi connectivity index (χ3v) is 2.78. The van der Waals surface area contributed by atoms with Gasteiger partial charge in [-0.15, -0.1) is 13.2 Å². The van der Waals surface area contributed by atoms with E-state index >= 15 is 0 Å². The van der Waals surface area contributed by atoms with Gasteiger partial charge in [-0.1, -0.05) is 0 Å². The number of hydrogen-bond donors (Lipinski definition) is 0. The third-order valence-electron chi connectivity index (χ3n) is 2.78. The van der Waals surface area contributed by atoms with Crippen molar-refractivity contribution < 1.29 is 22.7 Å². The summed E-state index contributed by atoms with van der Waals surface area (Å²) in [6.45, 7) is 3.40. The van der Waals surface area contributed by atoms with Gasteiger partial charge in [0.05, 0.1) is 22.6 Å². The molecule has 0 aliphatic heterocycles. The van der Waals surface area contributed by atoms with Crippen LogP contribution in [-0.4, -0.2) is 22.4 Å². The Morgan fingerprint density at radius 3 is 2.25 bits per heavy atom. The van der Waals surface area contributed by atoms with E-state index in [9.17, 15) is 18.0 Å². The minimum atomic E-state index is -4.72. The number of aromatic nitrogens is 2. The number of nitrogens with zero attached hydrogens (tertiary/aromatic N) is 2. The molecule has 7 heteroatoms. The van der Waals surface area contributed by atoms with Gasteiger partial charge in [0.1, 0.15) is 5.75 Å². The van der Waals surface area contributed by atoms with Gasteiger partial charge in [-0.3, -0.25) is 4.79 Å². The van der Waals surface area contributed by atoms with Gasteiger partial charge in [-0.05, 0) is 38.1 Å². The smallest absolute Gasteiger partial charge is 0.406 e. The van der Waals surface area contributed by atoms with Gasteiger partial charge in [0, 0.05) is 0 Å². The largest absolute Gasteiger partial charge is 0.573 e. The summed E-state index contributed by atoms with van der Waals surface area (Å²) in [5.74, 6) is -0.307. The molecule has 1 aromatic heterocycles. The number of aryl methyl sites for hydroxylation is 1. The summed E-state index contributed by atoms with van der Waals surface area (Å²) in [5, 5.41) is 4.18. The maximum atomic E-state index is 12.1. The van der Waals surface area contributed by atoms with Crippen LogP contribution < -0.4 is 4.74 Å². The molecule has 0 saturated carbocycles. The van der Waals surface area contributed by atoms with E-state index in [1.807, 2.05) is 0 Å². The molecule has 0 spiro atoms. The number of carbonyl (C=O) groups excluding carboxylic acids is 1. The van der Waals surface area contributed by atoms with Crippen molar-refractivity contribution in [2.75, 3.05) is 0 Å². The van der Waals surface area contributed by atoms with E-state index in [1.165, 1.54) is 28.9 Å². The lowest BCUT2D eigenvalue weighted by Gasteiger charge is -2.10. The number of carbonyl (C=O) groups is 1. The van der Waals surface area contributed by atoms with Crippen LogP contribution in [-0.2, 0) is 0 Å². The summed E-state index contributed by atoms with van der Waals surface area (Å²) in [5.41, 5.74) is 2.21. The minimum Gasteiger partial charge on any atom is -0.406 e. The zero-order valence-electron chi connectivity index (χ0n) is 10.7. The minimum absolute atomic E-state index is 0.307. The van der Waals surface area contributed by atoms with Crippen molar-refractivity contribution in [2.24, 2.45) is 0 Å². The number of ether oxygens (including phenoxy) is 1. The van der Waals surface area contributed by atoms with E-state index < -0.39 is 6.36 Å². The van der Waals surface area contributed by atoms with Crippen LogP contribution >= 0.6 is 0 Å². The molecule has 1 aromatic carbocycles. The number of benzene rings is 1. The first kappa shape index (κ1) is 14.1. The fraction of sp³-hybridized carbons (Fsp3) is 0.231. The van der Waals surface area contributed by atoms with Gasteiger partial charge in [-0.25, -0.2) is 4.68 Å². The quantitative estimate of drug-likeness (QED) is 0.813. The Bertz CT molecular complexity index is 630. The SMILES string of the molecule is Cc1nn(-c2ccc(OC(F)(F)F)cc2)c(C)c1C=O. The Kier molecular flexibility index (Phi) is 3.52. The van der Waals surface area contributed by atoms with E-state index in [2.05, 4.69) is 9.84 Å². The lowest BCUT2D eigenvalue weighted by molar-refractivity contribution is -0.274. The number of alkyl halides is 3. The zero-order valence-corrected chi connectivity index (χ0v) is 10.7. The molecule has 0 N–H and O–H groups in total.